The van der Waals surface area contributed by atoms with Gasteiger partial charge in [0.05, 0.1) is 5.69 Å². The molecule has 1 aliphatic carbocycles. The van der Waals surface area contributed by atoms with Crippen molar-refractivity contribution in [2.24, 2.45) is 0 Å². The summed E-state index contributed by atoms with van der Waals surface area (Å²) in [5.74, 6) is 1.69. The van der Waals surface area contributed by atoms with E-state index < -0.39 is 0 Å². The van der Waals surface area contributed by atoms with Gasteiger partial charge < -0.3 is 15.2 Å². The van der Waals surface area contributed by atoms with Crippen LogP contribution in [0.15, 0.2) is 79.5 Å². The number of benzene rings is 2. The first kappa shape index (κ1) is 22.4. The van der Waals surface area contributed by atoms with Gasteiger partial charge in [-0.15, -0.1) is 6.58 Å². The number of anilines is 2. The monoisotopic (exact) mass is 410 g/mol. The van der Waals surface area contributed by atoms with Crippen molar-refractivity contribution in [1.82, 2.24) is 4.98 Å². The zero-order valence-corrected chi connectivity index (χ0v) is 17.6. The first-order valence-electron chi connectivity index (χ1n) is 9.49. The predicted molar refractivity (Wildman–Crippen MR) is 127 cm³/mol. The minimum Gasteiger partial charge on any atom is -0.508 e. The molecule has 4 nitrogen and oxygen atoms in total. The summed E-state index contributed by atoms with van der Waals surface area (Å²) in [4.78, 5) is 4.28. The molecule has 3 aromatic rings. The molecule has 0 aliphatic heterocycles. The summed E-state index contributed by atoms with van der Waals surface area (Å²) in [6, 6.07) is 19.1. The smallest absolute Gasteiger partial charge is 0.130 e. The van der Waals surface area contributed by atoms with Crippen LogP contribution >= 0.6 is 13.5 Å². The highest BCUT2D eigenvalue weighted by Gasteiger charge is 2.26. The van der Waals surface area contributed by atoms with Crippen LogP contribution in [0.3, 0.4) is 0 Å². The summed E-state index contributed by atoms with van der Waals surface area (Å²) in [7, 11) is 0. The highest BCUT2D eigenvalue weighted by atomic mass is 32.1. The second-order valence-electron chi connectivity index (χ2n) is 6.72. The number of rotatable bonds is 6. The van der Waals surface area contributed by atoms with E-state index in [9.17, 15) is 5.11 Å². The van der Waals surface area contributed by atoms with Crippen molar-refractivity contribution in [2.45, 2.75) is 32.3 Å². The van der Waals surface area contributed by atoms with Crippen LogP contribution in [0.25, 0.3) is 0 Å². The number of aromatic hydroxyl groups is 1. The molecule has 1 aliphatic rings. The molecule has 29 heavy (non-hydrogen) atoms. The summed E-state index contributed by atoms with van der Waals surface area (Å²) >= 11 is 0. The van der Waals surface area contributed by atoms with Gasteiger partial charge in [-0.05, 0) is 73.7 Å². The molecule has 4 rings (SSSR count). The molecule has 0 unspecified atom stereocenters. The number of nitrogens with zero attached hydrogens (tertiary/aromatic N) is 1. The Morgan fingerprint density at radius 2 is 1.97 bits per heavy atom. The molecule has 2 N–H and O–H groups in total. The Morgan fingerprint density at radius 3 is 2.62 bits per heavy atom. The number of ether oxygens (including phenoxy) is 1. The number of aromatic nitrogens is 1. The lowest BCUT2D eigenvalue weighted by molar-refractivity contribution is 0.301. The number of phenolic OH excluding ortho intramolecular Hbond substituents is 1. The lowest BCUT2D eigenvalue weighted by Gasteiger charge is -2.14. The molecular formula is C24H30N2O2S. The quantitative estimate of drug-likeness (QED) is 0.453. The largest absolute Gasteiger partial charge is 0.508 e. The molecule has 154 valence electrons. The number of allylic oxidation sites excluding steroid dienone is 1. The van der Waals surface area contributed by atoms with Crippen molar-refractivity contribution < 1.29 is 11.3 Å². The third kappa shape index (κ3) is 6.88. The van der Waals surface area contributed by atoms with E-state index in [1.165, 1.54) is 18.4 Å². The van der Waals surface area contributed by atoms with E-state index in [2.05, 4.69) is 22.9 Å². The molecule has 1 heterocycles. The van der Waals surface area contributed by atoms with Gasteiger partial charge >= 0.3 is 0 Å². The van der Waals surface area contributed by atoms with Crippen molar-refractivity contribution >= 4 is 24.9 Å². The van der Waals surface area contributed by atoms with Crippen LogP contribution < -0.4 is 10.1 Å². The van der Waals surface area contributed by atoms with Gasteiger partial charge in [0.15, 0.2) is 0 Å². The molecule has 5 heteroatoms. The fourth-order valence-electron chi connectivity index (χ4n) is 2.86. The normalized spacial score (nSPS) is 12.0. The van der Waals surface area contributed by atoms with Crippen LogP contribution in [0.1, 0.15) is 38.4 Å². The zero-order valence-electron chi connectivity index (χ0n) is 16.6. The fraction of sp³-hybridized carbons (Fsp3) is 0.208. The maximum atomic E-state index is 9.64. The average Bonchev–Trinajstić information content (AvgIpc) is 3.54. The first-order valence-corrected chi connectivity index (χ1v) is 9.49. The van der Waals surface area contributed by atoms with E-state index in [0.29, 0.717) is 12.5 Å². The van der Waals surface area contributed by atoms with Crippen LogP contribution in [0.5, 0.6) is 11.5 Å². The molecule has 1 saturated carbocycles. The van der Waals surface area contributed by atoms with E-state index in [0.717, 1.165) is 22.8 Å². The predicted octanol–water partition coefficient (Wildman–Crippen LogP) is 6.54. The highest BCUT2D eigenvalue weighted by molar-refractivity contribution is 7.59. The second kappa shape index (κ2) is 11.2. The molecule has 2 aromatic carbocycles. The SMILES string of the molecule is C=CC.Oc1cccc(Nc2ccc(OCc3ccccn3)cc2C2CC2)c1.S.[HH]. The van der Waals surface area contributed by atoms with Crippen molar-refractivity contribution in [3.05, 3.63) is 90.8 Å². The number of phenols is 1. The van der Waals surface area contributed by atoms with Gasteiger partial charge in [0.2, 0.25) is 0 Å². The molecule has 1 fully saturated rings. The summed E-state index contributed by atoms with van der Waals surface area (Å²) in [6.07, 6.45) is 5.94. The van der Waals surface area contributed by atoms with E-state index in [-0.39, 0.29) is 20.7 Å². The summed E-state index contributed by atoms with van der Waals surface area (Å²) in [5, 5.41) is 13.0. The average molecular weight is 411 g/mol. The molecular weight excluding hydrogens is 380 g/mol. The van der Waals surface area contributed by atoms with E-state index in [1.807, 2.05) is 49.4 Å². The van der Waals surface area contributed by atoms with Crippen LogP contribution in [0, 0.1) is 0 Å². The van der Waals surface area contributed by atoms with E-state index >= 15 is 0 Å². The molecule has 0 radical (unpaired) electrons. The van der Waals surface area contributed by atoms with Crippen molar-refractivity contribution in [1.29, 1.82) is 0 Å². The van der Waals surface area contributed by atoms with E-state index in [1.54, 1.807) is 24.4 Å². The maximum absolute atomic E-state index is 9.64. The summed E-state index contributed by atoms with van der Waals surface area (Å²) in [5.41, 5.74) is 4.13. The lowest BCUT2D eigenvalue weighted by Crippen LogP contribution is -2.00. The van der Waals surface area contributed by atoms with Crippen LogP contribution in [0.4, 0.5) is 11.4 Å². The Labute approximate surface area is 181 Å². The van der Waals surface area contributed by atoms with Crippen molar-refractivity contribution in [2.75, 3.05) is 5.32 Å². The standard InChI is InChI=1S/C21H20N2O2.C3H6.H2S.H2/c24-18-6-3-5-16(12-18)23-21-10-9-19(13-20(21)15-7-8-15)25-14-17-4-1-2-11-22-17;1-3-2;;/h1-6,9-13,15,23-24H,7-8,14H2;3H,1H2,2H3;1H2;1H. The summed E-state index contributed by atoms with van der Waals surface area (Å²) < 4.78 is 5.90. The van der Waals surface area contributed by atoms with Gasteiger partial charge in [-0.2, -0.15) is 13.5 Å². The topological polar surface area (TPSA) is 54.4 Å². The van der Waals surface area contributed by atoms with Gasteiger partial charge in [0, 0.05) is 25.1 Å². The van der Waals surface area contributed by atoms with Gasteiger partial charge in [-0.3, -0.25) is 4.98 Å². The Bertz CT molecular complexity index is 918. The van der Waals surface area contributed by atoms with Crippen LogP contribution in [0.2, 0.25) is 0 Å². The maximum Gasteiger partial charge on any atom is 0.130 e. The zero-order chi connectivity index (χ0) is 19.8. The van der Waals surface area contributed by atoms with E-state index in [4.69, 9.17) is 4.74 Å². The molecule has 1 aromatic heterocycles. The molecule has 0 atom stereocenters. The Morgan fingerprint density at radius 1 is 1.17 bits per heavy atom. The van der Waals surface area contributed by atoms with Gasteiger partial charge in [0.25, 0.3) is 0 Å². The number of hydrogen-bond donors (Lipinski definition) is 2. The first-order chi connectivity index (χ1) is 13.7. The minimum atomic E-state index is 0. The third-order valence-electron chi connectivity index (χ3n) is 4.28. The Kier molecular flexibility index (Phi) is 8.62. The molecule has 0 amide bonds. The second-order valence-corrected chi connectivity index (χ2v) is 6.72. The third-order valence-corrected chi connectivity index (χ3v) is 4.28. The Hall–Kier alpha value is -2.92. The van der Waals surface area contributed by atoms with Gasteiger partial charge in [-0.25, -0.2) is 0 Å². The fourth-order valence-corrected chi connectivity index (χ4v) is 2.86. The van der Waals surface area contributed by atoms with Crippen LogP contribution in [-0.2, 0) is 6.61 Å². The molecule has 0 saturated heterocycles. The molecule has 0 spiro atoms. The number of hydrogen-bond acceptors (Lipinski definition) is 4. The summed E-state index contributed by atoms with van der Waals surface area (Å²) in [6.45, 7) is 5.71. The van der Waals surface area contributed by atoms with Crippen molar-refractivity contribution in [3.8, 4) is 11.5 Å². The Balaban J connectivity index is 0.000000851. The number of pyridine rings is 1. The highest BCUT2D eigenvalue weighted by Crippen LogP contribution is 2.45. The van der Waals surface area contributed by atoms with Crippen molar-refractivity contribution in [3.63, 3.8) is 0 Å². The lowest BCUT2D eigenvalue weighted by atomic mass is 10.1. The molecule has 0 bridgehead atoms. The van der Waals surface area contributed by atoms with Gasteiger partial charge in [-0.1, -0.05) is 18.2 Å². The van der Waals surface area contributed by atoms with Crippen LogP contribution in [-0.4, -0.2) is 10.1 Å². The minimum absolute atomic E-state index is 0. The van der Waals surface area contributed by atoms with Gasteiger partial charge in [0.1, 0.15) is 18.1 Å². The number of nitrogens with one attached hydrogen (secondary N) is 1.